The van der Waals surface area contributed by atoms with Gasteiger partial charge in [0, 0.05) is 17.6 Å². The summed E-state index contributed by atoms with van der Waals surface area (Å²) in [6.45, 7) is 2.06. The van der Waals surface area contributed by atoms with Crippen LogP contribution in [0.2, 0.25) is 0 Å². The third-order valence-corrected chi connectivity index (χ3v) is 2.13. The van der Waals surface area contributed by atoms with Gasteiger partial charge >= 0.3 is 0 Å². The van der Waals surface area contributed by atoms with Gasteiger partial charge in [0.1, 0.15) is 0 Å². The summed E-state index contributed by atoms with van der Waals surface area (Å²) in [5.74, 6) is 0. The maximum atomic E-state index is 5.41. The van der Waals surface area contributed by atoms with Crippen LogP contribution in [0.5, 0.6) is 0 Å². The van der Waals surface area contributed by atoms with Crippen molar-refractivity contribution in [3.63, 3.8) is 0 Å². The van der Waals surface area contributed by atoms with E-state index in [-0.39, 0.29) is 0 Å². The van der Waals surface area contributed by atoms with E-state index in [4.69, 9.17) is 5.14 Å². The monoisotopic (exact) mass is 168 g/mol. The minimum atomic E-state index is 1.10. The highest BCUT2D eigenvalue weighted by atomic mass is 32.2. The summed E-state index contributed by atoms with van der Waals surface area (Å²) in [5.41, 5.74) is 2.38. The van der Waals surface area contributed by atoms with E-state index in [0.717, 1.165) is 10.6 Å². The van der Waals surface area contributed by atoms with Gasteiger partial charge in [-0.15, -0.1) is 0 Å². The molecule has 3 N–H and O–H groups in total. The lowest BCUT2D eigenvalue weighted by atomic mass is 10.2. The van der Waals surface area contributed by atoms with Gasteiger partial charge in [-0.05, 0) is 42.6 Å². The smallest absolute Gasteiger partial charge is 0.0368 e. The van der Waals surface area contributed by atoms with E-state index < -0.39 is 0 Å². The lowest BCUT2D eigenvalue weighted by molar-refractivity contribution is 1.33. The van der Waals surface area contributed by atoms with E-state index in [1.54, 1.807) is 0 Å². The zero-order valence-electron chi connectivity index (χ0n) is 6.72. The fourth-order valence-electron chi connectivity index (χ4n) is 0.990. The molecule has 2 nitrogen and oxygen atoms in total. The molecule has 0 heterocycles. The van der Waals surface area contributed by atoms with Crippen LogP contribution >= 0.6 is 11.9 Å². The maximum Gasteiger partial charge on any atom is 0.0368 e. The number of aryl methyl sites for hydroxylation is 1. The van der Waals surface area contributed by atoms with Crippen LogP contribution in [0.15, 0.2) is 23.1 Å². The van der Waals surface area contributed by atoms with E-state index in [0.29, 0.717) is 0 Å². The van der Waals surface area contributed by atoms with Crippen molar-refractivity contribution in [2.45, 2.75) is 11.8 Å². The second-order valence-corrected chi connectivity index (χ2v) is 3.05. The molecule has 0 amide bonds. The van der Waals surface area contributed by atoms with Gasteiger partial charge in [0.05, 0.1) is 0 Å². The molecule has 0 spiro atoms. The SMILES string of the molecule is CNc1ccc(SN)cc1C. The molecular formula is C8H12N2S. The lowest BCUT2D eigenvalue weighted by Crippen LogP contribution is -1.91. The molecule has 1 aromatic rings. The molecular weight excluding hydrogens is 156 g/mol. The van der Waals surface area contributed by atoms with Crippen LogP contribution in [0.25, 0.3) is 0 Å². The molecule has 3 heteroatoms. The third-order valence-electron chi connectivity index (χ3n) is 1.60. The van der Waals surface area contributed by atoms with Crippen molar-refractivity contribution in [1.82, 2.24) is 0 Å². The Hall–Kier alpha value is -0.670. The molecule has 0 saturated heterocycles. The van der Waals surface area contributed by atoms with E-state index in [1.807, 2.05) is 19.2 Å². The maximum absolute atomic E-state index is 5.41. The van der Waals surface area contributed by atoms with Crippen molar-refractivity contribution >= 4 is 17.6 Å². The predicted molar refractivity (Wildman–Crippen MR) is 50.8 cm³/mol. The van der Waals surface area contributed by atoms with Gasteiger partial charge in [-0.1, -0.05) is 0 Å². The van der Waals surface area contributed by atoms with Gasteiger partial charge in [-0.2, -0.15) is 0 Å². The predicted octanol–water partition coefficient (Wildman–Crippen LogP) is 2.00. The largest absolute Gasteiger partial charge is 0.388 e. The Kier molecular flexibility index (Phi) is 2.79. The first-order valence-electron chi connectivity index (χ1n) is 3.43. The fourth-order valence-corrected chi connectivity index (χ4v) is 1.38. The topological polar surface area (TPSA) is 38.0 Å². The molecule has 11 heavy (non-hydrogen) atoms. The van der Waals surface area contributed by atoms with Gasteiger partial charge < -0.3 is 5.32 Å². The Balaban J connectivity index is 2.99. The van der Waals surface area contributed by atoms with Crippen LogP contribution in [0.3, 0.4) is 0 Å². The van der Waals surface area contributed by atoms with Crippen LogP contribution < -0.4 is 10.5 Å². The highest BCUT2D eigenvalue weighted by Crippen LogP contribution is 2.19. The molecule has 0 aromatic heterocycles. The van der Waals surface area contributed by atoms with Crippen molar-refractivity contribution in [2.75, 3.05) is 12.4 Å². The summed E-state index contributed by atoms with van der Waals surface area (Å²) in [6.07, 6.45) is 0. The molecule has 0 fully saturated rings. The normalized spacial score (nSPS) is 9.73. The number of rotatable bonds is 2. The van der Waals surface area contributed by atoms with Gasteiger partial charge in [-0.3, -0.25) is 5.14 Å². The van der Waals surface area contributed by atoms with Crippen molar-refractivity contribution < 1.29 is 0 Å². The lowest BCUT2D eigenvalue weighted by Gasteiger charge is -2.05. The number of anilines is 1. The van der Waals surface area contributed by atoms with Gasteiger partial charge in [0.25, 0.3) is 0 Å². The Labute approximate surface area is 71.3 Å². The second-order valence-electron chi connectivity index (χ2n) is 2.34. The van der Waals surface area contributed by atoms with Gasteiger partial charge in [0.15, 0.2) is 0 Å². The van der Waals surface area contributed by atoms with E-state index in [1.165, 1.54) is 17.5 Å². The van der Waals surface area contributed by atoms with Crippen LogP contribution in [-0.4, -0.2) is 7.05 Å². The number of benzene rings is 1. The van der Waals surface area contributed by atoms with Crippen LogP contribution in [-0.2, 0) is 0 Å². The van der Waals surface area contributed by atoms with Crippen molar-refractivity contribution in [3.8, 4) is 0 Å². The van der Waals surface area contributed by atoms with Crippen molar-refractivity contribution in [2.24, 2.45) is 5.14 Å². The number of hydrogen-bond donors (Lipinski definition) is 2. The standard InChI is InChI=1S/C8H12N2S/c1-6-5-7(11-9)3-4-8(6)10-2/h3-5,10H,9H2,1-2H3. The second kappa shape index (κ2) is 3.64. The van der Waals surface area contributed by atoms with Gasteiger partial charge in [0.2, 0.25) is 0 Å². The first-order chi connectivity index (χ1) is 5.27. The quantitative estimate of drug-likeness (QED) is 0.663. The average Bonchev–Trinajstić information content (AvgIpc) is 2.04. The van der Waals surface area contributed by atoms with Gasteiger partial charge in [-0.25, -0.2) is 0 Å². The molecule has 1 rings (SSSR count). The molecule has 0 unspecified atom stereocenters. The van der Waals surface area contributed by atoms with Crippen LogP contribution in [0, 0.1) is 6.92 Å². The molecule has 0 aliphatic carbocycles. The Morgan fingerprint density at radius 2 is 2.18 bits per heavy atom. The Bertz CT molecular complexity index is 248. The summed E-state index contributed by atoms with van der Waals surface area (Å²) in [4.78, 5) is 1.10. The number of hydrogen-bond acceptors (Lipinski definition) is 3. The molecule has 0 bridgehead atoms. The zero-order chi connectivity index (χ0) is 8.27. The summed E-state index contributed by atoms with van der Waals surface area (Å²) in [6, 6.07) is 6.10. The number of nitrogens with two attached hydrogens (primary N) is 1. The molecule has 0 radical (unpaired) electrons. The Morgan fingerprint density at radius 3 is 2.64 bits per heavy atom. The summed E-state index contributed by atoms with van der Waals surface area (Å²) >= 11 is 1.27. The minimum Gasteiger partial charge on any atom is -0.388 e. The van der Waals surface area contributed by atoms with E-state index in [9.17, 15) is 0 Å². The first-order valence-corrected chi connectivity index (χ1v) is 4.31. The fraction of sp³-hybridized carbons (Fsp3) is 0.250. The molecule has 60 valence electrons. The summed E-state index contributed by atoms with van der Waals surface area (Å²) in [7, 11) is 1.91. The highest BCUT2D eigenvalue weighted by molar-refractivity contribution is 7.97. The summed E-state index contributed by atoms with van der Waals surface area (Å²) in [5, 5.41) is 8.50. The first kappa shape index (κ1) is 8.43. The number of nitrogens with one attached hydrogen (secondary N) is 1. The van der Waals surface area contributed by atoms with Crippen LogP contribution in [0.1, 0.15) is 5.56 Å². The van der Waals surface area contributed by atoms with E-state index in [2.05, 4.69) is 18.3 Å². The minimum absolute atomic E-state index is 1.10. The summed E-state index contributed by atoms with van der Waals surface area (Å²) < 4.78 is 0. The van der Waals surface area contributed by atoms with E-state index >= 15 is 0 Å². The van der Waals surface area contributed by atoms with Crippen molar-refractivity contribution in [3.05, 3.63) is 23.8 Å². The van der Waals surface area contributed by atoms with Crippen molar-refractivity contribution in [1.29, 1.82) is 0 Å². The highest BCUT2D eigenvalue weighted by Gasteiger charge is 1.95. The Morgan fingerprint density at radius 1 is 1.45 bits per heavy atom. The molecule has 0 aliphatic rings. The molecule has 0 saturated carbocycles. The van der Waals surface area contributed by atoms with Crippen LogP contribution in [0.4, 0.5) is 5.69 Å². The zero-order valence-corrected chi connectivity index (χ0v) is 7.53. The molecule has 0 atom stereocenters. The third kappa shape index (κ3) is 1.88. The molecule has 1 aromatic carbocycles. The molecule has 0 aliphatic heterocycles. The average molecular weight is 168 g/mol.